The molecule has 0 radical (unpaired) electrons. The number of ether oxygens (including phenoxy) is 2. The van der Waals surface area contributed by atoms with Crippen molar-refractivity contribution >= 4 is 27.6 Å². The van der Waals surface area contributed by atoms with E-state index in [1.54, 1.807) is 0 Å². The summed E-state index contributed by atoms with van der Waals surface area (Å²) in [7, 11) is 0. The second-order valence-electron chi connectivity index (χ2n) is 8.11. The number of unbranched alkanes of at least 4 members (excludes halogenated alkanes) is 6. The molecule has 33 heavy (non-hydrogen) atoms. The van der Waals surface area contributed by atoms with E-state index in [1.165, 1.54) is 25.3 Å². The molecule has 0 saturated carbocycles. The van der Waals surface area contributed by atoms with Gasteiger partial charge in [0.05, 0.1) is 18.9 Å². The Bertz CT molecular complexity index is 909. The van der Waals surface area contributed by atoms with E-state index < -0.39 is 0 Å². The zero-order valence-electron chi connectivity index (χ0n) is 19.0. The molecule has 3 rings (SSSR count). The SMILES string of the molecule is C=CC(=O)OCCCCCCCCCOc1ccc(C2=NOC(c3ccc(Br)cc3)C2)cc1. The Morgan fingerprint density at radius 2 is 1.61 bits per heavy atom. The molecule has 0 spiro atoms. The van der Waals surface area contributed by atoms with Crippen LogP contribution in [0.15, 0.2) is 70.8 Å². The summed E-state index contributed by atoms with van der Waals surface area (Å²) in [5.74, 6) is 0.549. The first-order valence-corrected chi connectivity index (χ1v) is 12.5. The lowest BCUT2D eigenvalue weighted by atomic mass is 10.0. The van der Waals surface area contributed by atoms with Gasteiger partial charge in [-0.3, -0.25) is 0 Å². The summed E-state index contributed by atoms with van der Waals surface area (Å²) >= 11 is 3.46. The first-order chi connectivity index (χ1) is 16.2. The lowest BCUT2D eigenvalue weighted by Gasteiger charge is -2.09. The van der Waals surface area contributed by atoms with Crippen LogP contribution in [-0.4, -0.2) is 24.9 Å². The van der Waals surface area contributed by atoms with Crippen molar-refractivity contribution in [2.45, 2.75) is 57.5 Å². The fourth-order valence-electron chi connectivity index (χ4n) is 3.66. The Balaban J connectivity index is 1.25. The van der Waals surface area contributed by atoms with Gasteiger partial charge in [-0.05, 0) is 60.4 Å². The zero-order chi connectivity index (χ0) is 23.3. The minimum Gasteiger partial charge on any atom is -0.494 e. The van der Waals surface area contributed by atoms with Crippen LogP contribution in [0, 0.1) is 0 Å². The van der Waals surface area contributed by atoms with Gasteiger partial charge in [0.1, 0.15) is 5.75 Å². The van der Waals surface area contributed by atoms with Gasteiger partial charge in [-0.15, -0.1) is 0 Å². The Hall–Kier alpha value is -2.60. The van der Waals surface area contributed by atoms with Gasteiger partial charge in [-0.25, -0.2) is 4.79 Å². The highest BCUT2D eigenvalue weighted by atomic mass is 79.9. The highest BCUT2D eigenvalue weighted by molar-refractivity contribution is 9.10. The first-order valence-electron chi connectivity index (χ1n) is 11.7. The molecule has 0 bridgehead atoms. The van der Waals surface area contributed by atoms with E-state index in [4.69, 9.17) is 14.3 Å². The van der Waals surface area contributed by atoms with Crippen molar-refractivity contribution in [3.05, 3.63) is 76.8 Å². The predicted molar refractivity (Wildman–Crippen MR) is 135 cm³/mol. The van der Waals surface area contributed by atoms with Gasteiger partial charge in [0, 0.05) is 17.0 Å². The third-order valence-electron chi connectivity index (χ3n) is 5.57. The van der Waals surface area contributed by atoms with Crippen LogP contribution in [0.4, 0.5) is 0 Å². The molecule has 6 heteroatoms. The summed E-state index contributed by atoms with van der Waals surface area (Å²) in [5, 5.41) is 4.29. The molecule has 1 aliphatic rings. The minimum atomic E-state index is -0.337. The molecule has 0 fully saturated rings. The second kappa shape index (κ2) is 13.8. The fourth-order valence-corrected chi connectivity index (χ4v) is 3.92. The Labute approximate surface area is 204 Å². The van der Waals surface area contributed by atoms with Crippen LogP contribution >= 0.6 is 15.9 Å². The average molecular weight is 514 g/mol. The molecular weight excluding hydrogens is 482 g/mol. The summed E-state index contributed by atoms with van der Waals surface area (Å²) < 4.78 is 11.9. The third-order valence-corrected chi connectivity index (χ3v) is 6.10. The molecule has 0 amide bonds. The monoisotopic (exact) mass is 513 g/mol. The van der Waals surface area contributed by atoms with Gasteiger partial charge >= 0.3 is 5.97 Å². The smallest absolute Gasteiger partial charge is 0.330 e. The van der Waals surface area contributed by atoms with Crippen molar-refractivity contribution in [3.8, 4) is 5.75 Å². The summed E-state index contributed by atoms with van der Waals surface area (Å²) in [4.78, 5) is 16.6. The average Bonchev–Trinajstić information content (AvgIpc) is 3.33. The van der Waals surface area contributed by atoms with Gasteiger partial charge < -0.3 is 14.3 Å². The van der Waals surface area contributed by atoms with Crippen LogP contribution in [0.1, 0.15) is 68.6 Å². The van der Waals surface area contributed by atoms with E-state index in [0.717, 1.165) is 65.8 Å². The predicted octanol–water partition coefficient (Wildman–Crippen LogP) is 7.15. The Morgan fingerprint density at radius 1 is 0.970 bits per heavy atom. The summed E-state index contributed by atoms with van der Waals surface area (Å²) in [5.41, 5.74) is 3.17. The van der Waals surface area contributed by atoms with E-state index in [9.17, 15) is 4.79 Å². The van der Waals surface area contributed by atoms with Gasteiger partial charge in [0.2, 0.25) is 0 Å². The molecule has 176 valence electrons. The highest BCUT2D eigenvalue weighted by Gasteiger charge is 2.23. The maximum atomic E-state index is 10.9. The number of benzene rings is 2. The highest BCUT2D eigenvalue weighted by Crippen LogP contribution is 2.30. The van der Waals surface area contributed by atoms with Crippen molar-refractivity contribution in [3.63, 3.8) is 0 Å². The standard InChI is InChI=1S/C27H32BrNO4/c1-2-27(30)32-19-9-7-5-3-4-6-8-18-31-24-16-12-21(13-17-24)25-20-26(33-29-25)22-10-14-23(28)15-11-22/h2,10-17,26H,1,3-9,18-20H2. The molecule has 0 N–H and O–H groups in total. The number of carbonyl (C=O) groups excluding carboxylic acids is 1. The lowest BCUT2D eigenvalue weighted by molar-refractivity contribution is -0.137. The van der Waals surface area contributed by atoms with E-state index in [2.05, 4.69) is 39.8 Å². The number of hydrogen-bond donors (Lipinski definition) is 0. The number of esters is 1. The van der Waals surface area contributed by atoms with Crippen LogP contribution in [0.25, 0.3) is 0 Å². The maximum Gasteiger partial charge on any atom is 0.330 e. The first kappa shape index (κ1) is 25.0. The molecular formula is C27H32BrNO4. The largest absolute Gasteiger partial charge is 0.494 e. The van der Waals surface area contributed by atoms with Gasteiger partial charge in [-0.1, -0.05) is 71.9 Å². The molecule has 0 aromatic heterocycles. The number of halogens is 1. The topological polar surface area (TPSA) is 57.1 Å². The second-order valence-corrected chi connectivity index (χ2v) is 9.02. The van der Waals surface area contributed by atoms with Crippen LogP contribution in [0.2, 0.25) is 0 Å². The number of hydrogen-bond acceptors (Lipinski definition) is 5. The molecule has 1 atom stereocenters. The molecule has 0 aliphatic carbocycles. The van der Waals surface area contributed by atoms with Crippen LogP contribution in [-0.2, 0) is 14.4 Å². The van der Waals surface area contributed by atoms with Gasteiger partial charge in [-0.2, -0.15) is 0 Å². The quantitative estimate of drug-likeness (QED) is 0.153. The van der Waals surface area contributed by atoms with Gasteiger partial charge in [0.15, 0.2) is 6.10 Å². The number of rotatable bonds is 14. The van der Waals surface area contributed by atoms with Crippen molar-refractivity contribution in [2.24, 2.45) is 5.16 Å². The van der Waals surface area contributed by atoms with Crippen LogP contribution in [0.3, 0.4) is 0 Å². The summed E-state index contributed by atoms with van der Waals surface area (Å²) in [6.07, 6.45) is 9.74. The molecule has 2 aromatic rings. The number of carbonyl (C=O) groups is 1. The zero-order valence-corrected chi connectivity index (χ0v) is 20.6. The summed E-state index contributed by atoms with van der Waals surface area (Å²) in [6.45, 7) is 4.60. The summed E-state index contributed by atoms with van der Waals surface area (Å²) in [6, 6.07) is 16.3. The molecule has 5 nitrogen and oxygen atoms in total. The number of oxime groups is 1. The third kappa shape index (κ3) is 8.69. The lowest BCUT2D eigenvalue weighted by Crippen LogP contribution is -2.02. The Morgan fingerprint density at radius 3 is 2.27 bits per heavy atom. The van der Waals surface area contributed by atoms with Crippen molar-refractivity contribution < 1.29 is 19.1 Å². The van der Waals surface area contributed by atoms with Crippen molar-refractivity contribution in [1.82, 2.24) is 0 Å². The molecule has 1 aliphatic heterocycles. The van der Waals surface area contributed by atoms with Crippen LogP contribution in [0.5, 0.6) is 5.75 Å². The van der Waals surface area contributed by atoms with E-state index in [1.807, 2.05) is 36.4 Å². The Kier molecular flexibility index (Phi) is 10.5. The molecule has 2 aromatic carbocycles. The normalized spacial score (nSPS) is 14.9. The minimum absolute atomic E-state index is 0.0289. The van der Waals surface area contributed by atoms with E-state index in [0.29, 0.717) is 6.61 Å². The fraction of sp³-hybridized carbons (Fsp3) is 0.407. The molecule has 1 heterocycles. The van der Waals surface area contributed by atoms with Crippen molar-refractivity contribution in [2.75, 3.05) is 13.2 Å². The van der Waals surface area contributed by atoms with E-state index in [-0.39, 0.29) is 12.1 Å². The maximum absolute atomic E-state index is 10.9. The van der Waals surface area contributed by atoms with E-state index >= 15 is 0 Å². The van der Waals surface area contributed by atoms with Crippen LogP contribution < -0.4 is 4.74 Å². The molecule has 1 unspecified atom stereocenters. The van der Waals surface area contributed by atoms with Gasteiger partial charge in [0.25, 0.3) is 0 Å². The van der Waals surface area contributed by atoms with Crippen molar-refractivity contribution in [1.29, 1.82) is 0 Å². The number of nitrogens with zero attached hydrogens (tertiary/aromatic N) is 1. The molecule has 0 saturated heterocycles.